The standard InChI is InChI=1S/C15H22N2O/c1-10-7-12(3)17(9-10)15(18)14-6-5-13(16-4)8-11(14)2/h5-6,8,10,12,16H,7,9H2,1-4H3. The number of nitrogens with one attached hydrogen (secondary N) is 1. The Labute approximate surface area is 109 Å². The van der Waals surface area contributed by atoms with Crippen molar-refractivity contribution in [3.8, 4) is 0 Å². The fraction of sp³-hybridized carbons (Fsp3) is 0.533. The van der Waals surface area contributed by atoms with E-state index in [1.807, 2.05) is 37.1 Å². The maximum Gasteiger partial charge on any atom is 0.254 e. The molecule has 18 heavy (non-hydrogen) atoms. The first-order valence-corrected chi connectivity index (χ1v) is 6.62. The molecule has 3 heteroatoms. The van der Waals surface area contributed by atoms with Crippen molar-refractivity contribution in [3.63, 3.8) is 0 Å². The summed E-state index contributed by atoms with van der Waals surface area (Å²) in [6, 6.07) is 6.27. The first-order chi connectivity index (χ1) is 8.52. The third-order valence-electron chi connectivity index (χ3n) is 3.79. The zero-order valence-electron chi connectivity index (χ0n) is 11.7. The molecule has 1 aliphatic rings. The van der Waals surface area contributed by atoms with Crippen LogP contribution in [0.5, 0.6) is 0 Å². The minimum atomic E-state index is 0.173. The highest BCUT2D eigenvalue weighted by Gasteiger charge is 2.30. The number of nitrogens with zero attached hydrogens (tertiary/aromatic N) is 1. The van der Waals surface area contributed by atoms with Gasteiger partial charge in [-0.3, -0.25) is 4.79 Å². The van der Waals surface area contributed by atoms with Gasteiger partial charge in [0.25, 0.3) is 5.91 Å². The van der Waals surface area contributed by atoms with Gasteiger partial charge in [-0.05, 0) is 49.9 Å². The fourth-order valence-corrected chi connectivity index (χ4v) is 2.80. The number of hydrogen-bond donors (Lipinski definition) is 1. The van der Waals surface area contributed by atoms with Gasteiger partial charge in [0.2, 0.25) is 0 Å². The summed E-state index contributed by atoms with van der Waals surface area (Å²) in [6.45, 7) is 7.23. The normalized spacial score (nSPS) is 23.2. The monoisotopic (exact) mass is 246 g/mol. The summed E-state index contributed by atoms with van der Waals surface area (Å²) in [7, 11) is 1.89. The summed E-state index contributed by atoms with van der Waals surface area (Å²) in [5.74, 6) is 0.785. The molecule has 0 aliphatic carbocycles. The molecular weight excluding hydrogens is 224 g/mol. The van der Waals surface area contributed by atoms with Crippen LogP contribution in [-0.4, -0.2) is 30.4 Å². The second-order valence-corrected chi connectivity index (χ2v) is 5.43. The lowest BCUT2D eigenvalue weighted by Gasteiger charge is -2.22. The van der Waals surface area contributed by atoms with Crippen LogP contribution >= 0.6 is 0 Å². The SMILES string of the molecule is CNc1ccc(C(=O)N2CC(C)CC2C)c(C)c1. The molecule has 0 spiro atoms. The Morgan fingerprint density at radius 1 is 1.39 bits per heavy atom. The quantitative estimate of drug-likeness (QED) is 0.870. The van der Waals surface area contributed by atoms with Crippen molar-refractivity contribution in [2.45, 2.75) is 33.2 Å². The van der Waals surface area contributed by atoms with Crippen molar-refractivity contribution in [1.29, 1.82) is 0 Å². The number of carbonyl (C=O) groups is 1. The Bertz CT molecular complexity index is 456. The lowest BCUT2D eigenvalue weighted by Crippen LogP contribution is -2.34. The number of anilines is 1. The molecule has 1 heterocycles. The van der Waals surface area contributed by atoms with E-state index in [-0.39, 0.29) is 5.91 Å². The van der Waals surface area contributed by atoms with Crippen LogP contribution < -0.4 is 5.32 Å². The molecule has 1 aliphatic heterocycles. The highest BCUT2D eigenvalue weighted by Crippen LogP contribution is 2.25. The molecule has 0 aromatic heterocycles. The molecule has 1 saturated heterocycles. The van der Waals surface area contributed by atoms with Crippen LogP contribution in [0.3, 0.4) is 0 Å². The van der Waals surface area contributed by atoms with Crippen molar-refractivity contribution in [2.75, 3.05) is 18.9 Å². The molecule has 98 valence electrons. The number of benzene rings is 1. The van der Waals surface area contributed by atoms with E-state index in [4.69, 9.17) is 0 Å². The van der Waals surface area contributed by atoms with Crippen LogP contribution in [-0.2, 0) is 0 Å². The Kier molecular flexibility index (Phi) is 3.60. The van der Waals surface area contributed by atoms with Crippen LogP contribution in [0.25, 0.3) is 0 Å². The Morgan fingerprint density at radius 3 is 2.61 bits per heavy atom. The molecule has 2 atom stereocenters. The van der Waals surface area contributed by atoms with Crippen molar-refractivity contribution in [2.24, 2.45) is 5.92 Å². The predicted octanol–water partition coefficient (Wildman–Crippen LogP) is 2.91. The van der Waals surface area contributed by atoms with Gasteiger partial charge in [-0.2, -0.15) is 0 Å². The minimum Gasteiger partial charge on any atom is -0.388 e. The second-order valence-electron chi connectivity index (χ2n) is 5.43. The third-order valence-corrected chi connectivity index (χ3v) is 3.79. The van der Waals surface area contributed by atoms with Crippen LogP contribution in [0.2, 0.25) is 0 Å². The molecule has 1 aromatic rings. The predicted molar refractivity (Wildman–Crippen MR) is 75.0 cm³/mol. The molecule has 1 aromatic carbocycles. The van der Waals surface area contributed by atoms with E-state index in [0.717, 1.165) is 29.8 Å². The van der Waals surface area contributed by atoms with Crippen molar-refractivity contribution < 1.29 is 4.79 Å². The van der Waals surface area contributed by atoms with E-state index >= 15 is 0 Å². The third kappa shape index (κ3) is 2.35. The van der Waals surface area contributed by atoms with Gasteiger partial charge < -0.3 is 10.2 Å². The van der Waals surface area contributed by atoms with Crippen LogP contribution in [0.15, 0.2) is 18.2 Å². The summed E-state index contributed by atoms with van der Waals surface area (Å²) in [5, 5.41) is 3.09. The van der Waals surface area contributed by atoms with Crippen LogP contribution in [0.1, 0.15) is 36.2 Å². The molecule has 0 saturated carbocycles. The van der Waals surface area contributed by atoms with E-state index < -0.39 is 0 Å². The van der Waals surface area contributed by atoms with Gasteiger partial charge >= 0.3 is 0 Å². The molecule has 1 fully saturated rings. The molecule has 2 unspecified atom stereocenters. The highest BCUT2D eigenvalue weighted by molar-refractivity contribution is 5.96. The van der Waals surface area contributed by atoms with E-state index in [9.17, 15) is 4.79 Å². The summed E-state index contributed by atoms with van der Waals surface area (Å²) >= 11 is 0. The van der Waals surface area contributed by atoms with Crippen molar-refractivity contribution >= 4 is 11.6 Å². The van der Waals surface area contributed by atoms with Gasteiger partial charge in [0.05, 0.1) is 0 Å². The topological polar surface area (TPSA) is 32.3 Å². The summed E-state index contributed by atoms with van der Waals surface area (Å²) in [6.07, 6.45) is 1.11. The number of rotatable bonds is 2. The van der Waals surface area contributed by atoms with Gasteiger partial charge in [-0.15, -0.1) is 0 Å². The molecule has 1 amide bonds. The zero-order chi connectivity index (χ0) is 13.3. The maximum atomic E-state index is 12.5. The van der Waals surface area contributed by atoms with Gasteiger partial charge in [-0.25, -0.2) is 0 Å². The average molecular weight is 246 g/mol. The number of carbonyl (C=O) groups excluding carboxylic acids is 1. The molecule has 2 rings (SSSR count). The first-order valence-electron chi connectivity index (χ1n) is 6.62. The maximum absolute atomic E-state index is 12.5. The van der Waals surface area contributed by atoms with E-state index in [1.54, 1.807) is 0 Å². The van der Waals surface area contributed by atoms with Gasteiger partial charge in [-0.1, -0.05) is 6.92 Å². The lowest BCUT2D eigenvalue weighted by atomic mass is 10.1. The first kappa shape index (κ1) is 12.9. The van der Waals surface area contributed by atoms with Gasteiger partial charge in [0.1, 0.15) is 0 Å². The number of likely N-dealkylation sites (tertiary alicyclic amines) is 1. The lowest BCUT2D eigenvalue weighted by molar-refractivity contribution is 0.0743. The molecule has 1 N–H and O–H groups in total. The fourth-order valence-electron chi connectivity index (χ4n) is 2.80. The summed E-state index contributed by atoms with van der Waals surface area (Å²) in [5.41, 5.74) is 2.92. The Balaban J connectivity index is 2.24. The number of aryl methyl sites for hydroxylation is 1. The molecular formula is C15H22N2O. The molecule has 0 bridgehead atoms. The molecule has 0 radical (unpaired) electrons. The van der Waals surface area contributed by atoms with Crippen LogP contribution in [0.4, 0.5) is 5.69 Å². The number of hydrogen-bond acceptors (Lipinski definition) is 2. The van der Waals surface area contributed by atoms with Crippen molar-refractivity contribution in [1.82, 2.24) is 4.90 Å². The minimum absolute atomic E-state index is 0.173. The van der Waals surface area contributed by atoms with E-state index in [2.05, 4.69) is 19.2 Å². The highest BCUT2D eigenvalue weighted by atomic mass is 16.2. The zero-order valence-corrected chi connectivity index (χ0v) is 11.7. The van der Waals surface area contributed by atoms with E-state index in [0.29, 0.717) is 12.0 Å². The van der Waals surface area contributed by atoms with Gasteiger partial charge in [0, 0.05) is 30.9 Å². The summed E-state index contributed by atoms with van der Waals surface area (Å²) < 4.78 is 0. The Hall–Kier alpha value is -1.51. The number of amides is 1. The van der Waals surface area contributed by atoms with Crippen LogP contribution in [0, 0.1) is 12.8 Å². The Morgan fingerprint density at radius 2 is 2.11 bits per heavy atom. The summed E-state index contributed by atoms with van der Waals surface area (Å²) in [4.78, 5) is 14.5. The molecule has 3 nitrogen and oxygen atoms in total. The van der Waals surface area contributed by atoms with Gasteiger partial charge in [0.15, 0.2) is 0 Å². The van der Waals surface area contributed by atoms with E-state index in [1.165, 1.54) is 0 Å². The largest absolute Gasteiger partial charge is 0.388 e. The average Bonchev–Trinajstić information content (AvgIpc) is 2.67. The smallest absolute Gasteiger partial charge is 0.254 e. The van der Waals surface area contributed by atoms with Crippen molar-refractivity contribution in [3.05, 3.63) is 29.3 Å². The second kappa shape index (κ2) is 5.01.